The van der Waals surface area contributed by atoms with Gasteiger partial charge in [-0.05, 0) is 32.6 Å². The quantitative estimate of drug-likeness (QED) is 0.127. The van der Waals surface area contributed by atoms with Gasteiger partial charge in [0, 0.05) is 12.4 Å². The SMILES string of the molecule is C/C=C/CCCCC[N+](CO)(CCC(=O)[O-])CCC(=O)O.[K+]. The van der Waals surface area contributed by atoms with Crippen LogP contribution in [0.5, 0.6) is 0 Å². The summed E-state index contributed by atoms with van der Waals surface area (Å²) in [4.78, 5) is 21.3. The van der Waals surface area contributed by atoms with Crippen LogP contribution >= 0.6 is 0 Å². The van der Waals surface area contributed by atoms with Crippen molar-refractivity contribution in [2.45, 2.75) is 45.4 Å². The van der Waals surface area contributed by atoms with Gasteiger partial charge in [0.25, 0.3) is 0 Å². The van der Waals surface area contributed by atoms with Crippen LogP contribution in [-0.2, 0) is 9.59 Å². The predicted octanol–water partition coefficient (Wildman–Crippen LogP) is -2.49. The van der Waals surface area contributed by atoms with Gasteiger partial charge in [-0.2, -0.15) is 0 Å². The van der Waals surface area contributed by atoms with Crippen molar-refractivity contribution < 1.29 is 80.8 Å². The van der Waals surface area contributed by atoms with E-state index < -0.39 is 11.9 Å². The molecule has 0 aliphatic heterocycles. The summed E-state index contributed by atoms with van der Waals surface area (Å²) >= 11 is 0. The molecule has 2 N–H and O–H groups in total. The molecule has 0 radical (unpaired) electrons. The van der Waals surface area contributed by atoms with Crippen LogP contribution in [0.25, 0.3) is 0 Å². The zero-order chi connectivity index (χ0) is 16.1. The normalized spacial score (nSPS) is 13.5. The van der Waals surface area contributed by atoms with Crippen LogP contribution in [0.4, 0.5) is 0 Å². The van der Waals surface area contributed by atoms with Gasteiger partial charge in [-0.15, -0.1) is 0 Å². The van der Waals surface area contributed by atoms with E-state index in [0.29, 0.717) is 6.54 Å². The van der Waals surface area contributed by atoms with Crippen molar-refractivity contribution in [1.29, 1.82) is 0 Å². The Hall–Kier alpha value is 0.236. The maximum Gasteiger partial charge on any atom is 1.00 e. The van der Waals surface area contributed by atoms with Crippen LogP contribution in [-0.4, -0.2) is 53.0 Å². The Morgan fingerprint density at radius 2 is 1.73 bits per heavy atom. The van der Waals surface area contributed by atoms with E-state index in [0.717, 1.165) is 25.7 Å². The van der Waals surface area contributed by atoms with Crippen molar-refractivity contribution >= 4 is 11.9 Å². The van der Waals surface area contributed by atoms with Crippen LogP contribution in [0, 0.1) is 0 Å². The minimum absolute atomic E-state index is 0. The fraction of sp³-hybridized carbons (Fsp3) is 0.733. The van der Waals surface area contributed by atoms with Gasteiger partial charge in [0.1, 0.15) is 0 Å². The van der Waals surface area contributed by atoms with E-state index in [9.17, 15) is 19.8 Å². The number of quaternary nitrogens is 1. The van der Waals surface area contributed by atoms with Crippen molar-refractivity contribution in [1.82, 2.24) is 0 Å². The van der Waals surface area contributed by atoms with Gasteiger partial charge in [0.05, 0.1) is 26.1 Å². The van der Waals surface area contributed by atoms with E-state index in [1.165, 1.54) is 0 Å². The number of carbonyl (C=O) groups excluding carboxylic acids is 1. The number of allylic oxidation sites excluding steroid dienone is 2. The average molecular weight is 340 g/mol. The topological polar surface area (TPSA) is 97.7 Å². The zero-order valence-electron chi connectivity index (χ0n) is 13.8. The molecule has 0 aliphatic carbocycles. The summed E-state index contributed by atoms with van der Waals surface area (Å²) in [5.41, 5.74) is 0. The first-order valence-corrected chi connectivity index (χ1v) is 7.44. The minimum atomic E-state index is -1.17. The van der Waals surface area contributed by atoms with E-state index >= 15 is 0 Å². The Balaban J connectivity index is 0. The smallest absolute Gasteiger partial charge is 0.550 e. The molecule has 0 heterocycles. The second-order valence-corrected chi connectivity index (χ2v) is 5.34. The van der Waals surface area contributed by atoms with Gasteiger partial charge in [0.2, 0.25) is 0 Å². The molecule has 1 unspecified atom stereocenters. The number of aliphatic hydroxyl groups excluding tert-OH is 1. The van der Waals surface area contributed by atoms with Gasteiger partial charge in [0.15, 0.2) is 6.73 Å². The first-order chi connectivity index (χ1) is 9.95. The Kier molecular flexibility index (Phi) is 16.5. The molecule has 0 bridgehead atoms. The fourth-order valence-electron chi connectivity index (χ4n) is 2.26. The number of hydrogen-bond donors (Lipinski definition) is 2. The molecule has 1 atom stereocenters. The Morgan fingerprint density at radius 1 is 1.09 bits per heavy atom. The van der Waals surface area contributed by atoms with Crippen LogP contribution < -0.4 is 56.5 Å². The Morgan fingerprint density at radius 3 is 2.23 bits per heavy atom. The third-order valence-corrected chi connectivity index (χ3v) is 3.63. The average Bonchev–Trinajstić information content (AvgIpc) is 2.45. The Labute approximate surface area is 175 Å². The third kappa shape index (κ3) is 12.7. The van der Waals surface area contributed by atoms with Crippen molar-refractivity contribution in [3.63, 3.8) is 0 Å². The molecule has 0 saturated carbocycles. The van der Waals surface area contributed by atoms with Crippen molar-refractivity contribution in [2.75, 3.05) is 26.4 Å². The third-order valence-electron chi connectivity index (χ3n) is 3.63. The molecule has 0 spiro atoms. The van der Waals surface area contributed by atoms with Gasteiger partial charge < -0.3 is 24.6 Å². The van der Waals surface area contributed by atoms with Gasteiger partial charge in [-0.3, -0.25) is 4.79 Å². The molecule has 122 valence electrons. The van der Waals surface area contributed by atoms with E-state index in [1.807, 2.05) is 13.0 Å². The molecule has 0 aromatic rings. The van der Waals surface area contributed by atoms with E-state index in [1.54, 1.807) is 0 Å². The van der Waals surface area contributed by atoms with Crippen molar-refractivity contribution in [3.05, 3.63) is 12.2 Å². The molecule has 0 aromatic carbocycles. The first-order valence-electron chi connectivity index (χ1n) is 7.44. The summed E-state index contributed by atoms with van der Waals surface area (Å²) < 4.78 is 0.115. The molecule has 7 heteroatoms. The van der Waals surface area contributed by atoms with E-state index in [4.69, 9.17) is 5.11 Å². The van der Waals surface area contributed by atoms with E-state index in [2.05, 4.69) is 6.08 Å². The van der Waals surface area contributed by atoms with Crippen LogP contribution in [0.1, 0.15) is 45.4 Å². The number of aliphatic hydroxyl groups is 1. The van der Waals surface area contributed by atoms with Crippen molar-refractivity contribution in [2.24, 2.45) is 0 Å². The number of carbonyl (C=O) groups is 2. The van der Waals surface area contributed by atoms with Crippen LogP contribution in [0.3, 0.4) is 0 Å². The van der Waals surface area contributed by atoms with Crippen LogP contribution in [0.15, 0.2) is 12.2 Å². The standard InChI is InChI=1S/C15H27NO5.K/c1-2-3-4-5-6-7-10-16(13-17,11-8-14(18)19)12-9-15(20)21;/h2-3,17H,4-13H2,1H3,(H-,18,19,20,21);/q;+1/b3-2+;. The maximum atomic E-state index is 10.7. The zero-order valence-corrected chi connectivity index (χ0v) is 16.9. The van der Waals surface area contributed by atoms with Gasteiger partial charge in [-0.1, -0.05) is 12.2 Å². The molecular weight excluding hydrogens is 313 g/mol. The fourth-order valence-corrected chi connectivity index (χ4v) is 2.26. The second-order valence-electron chi connectivity index (χ2n) is 5.34. The second kappa shape index (κ2) is 14.8. The first kappa shape index (κ1) is 24.5. The van der Waals surface area contributed by atoms with Crippen LogP contribution in [0.2, 0.25) is 0 Å². The van der Waals surface area contributed by atoms with Gasteiger partial charge in [-0.25, -0.2) is 0 Å². The molecule has 0 amide bonds. The van der Waals surface area contributed by atoms with Gasteiger partial charge >= 0.3 is 57.4 Å². The maximum absolute atomic E-state index is 10.7. The molecule has 0 aliphatic rings. The predicted molar refractivity (Wildman–Crippen MR) is 77.1 cm³/mol. The largest absolute Gasteiger partial charge is 1.00 e. The minimum Gasteiger partial charge on any atom is -0.550 e. The number of aliphatic carboxylic acids is 2. The monoisotopic (exact) mass is 340 g/mol. The summed E-state index contributed by atoms with van der Waals surface area (Å²) in [6.45, 7) is 2.77. The number of carboxylic acids is 2. The molecular formula is C15H27KNO5+. The number of hydrogen-bond acceptors (Lipinski definition) is 4. The molecule has 6 nitrogen and oxygen atoms in total. The molecule has 22 heavy (non-hydrogen) atoms. The number of nitrogens with zero attached hydrogens (tertiary/aromatic N) is 1. The molecule has 0 fully saturated rings. The summed E-state index contributed by atoms with van der Waals surface area (Å²) in [6.07, 6.45) is 7.70. The summed E-state index contributed by atoms with van der Waals surface area (Å²) in [5, 5.41) is 29.0. The number of rotatable bonds is 13. The summed E-state index contributed by atoms with van der Waals surface area (Å²) in [7, 11) is 0. The Bertz CT molecular complexity index is 329. The van der Waals surface area contributed by atoms with E-state index in [-0.39, 0.29) is 88.5 Å². The number of unbranched alkanes of at least 4 members (excludes halogenated alkanes) is 3. The summed E-state index contributed by atoms with van der Waals surface area (Å²) in [5.74, 6) is -2.11. The number of carboxylic acid groups (broad SMARTS) is 2. The summed E-state index contributed by atoms with van der Waals surface area (Å²) in [6, 6.07) is 0. The van der Waals surface area contributed by atoms with Crippen molar-refractivity contribution in [3.8, 4) is 0 Å². The molecule has 0 saturated heterocycles. The molecule has 0 aromatic heterocycles. The molecule has 0 rings (SSSR count).